The predicted octanol–water partition coefficient (Wildman–Crippen LogP) is 0.885. The summed E-state index contributed by atoms with van der Waals surface area (Å²) in [4.78, 5) is 9.13. The molecule has 0 bridgehead atoms. The second-order valence-corrected chi connectivity index (χ2v) is 2.75. The Bertz CT molecular complexity index is 138. The van der Waals surface area contributed by atoms with Gasteiger partial charge in [-0.15, -0.1) is 0 Å². The number of carbonyl (C=O) groups is 1. The van der Waals surface area contributed by atoms with Crippen molar-refractivity contribution in [2.45, 2.75) is 5.00 Å². The van der Waals surface area contributed by atoms with Gasteiger partial charge >= 0.3 is 0 Å². The second kappa shape index (κ2) is 2.09. The van der Waals surface area contributed by atoms with Crippen LogP contribution in [0.3, 0.4) is 0 Å². The van der Waals surface area contributed by atoms with Gasteiger partial charge in [-0.2, -0.15) is 0 Å². The lowest BCUT2D eigenvalue weighted by Crippen LogP contribution is -2.30. The standard InChI is InChI=1S/C4H4ClNOS/c5-4(3-7)1-2-8-6-4/h1-3,6H. The molecule has 0 radical (unpaired) electrons. The molecule has 1 aliphatic rings. The number of nitrogens with one attached hydrogen (secondary N) is 1. The van der Waals surface area contributed by atoms with E-state index in [0.29, 0.717) is 6.29 Å². The fourth-order valence-corrected chi connectivity index (χ4v) is 1.27. The van der Waals surface area contributed by atoms with Gasteiger partial charge in [0.05, 0.1) is 0 Å². The monoisotopic (exact) mass is 149 g/mol. The minimum Gasteiger partial charge on any atom is -0.299 e. The van der Waals surface area contributed by atoms with E-state index in [0.717, 1.165) is 0 Å². The molecule has 1 unspecified atom stereocenters. The van der Waals surface area contributed by atoms with Crippen molar-refractivity contribution in [3.05, 3.63) is 11.5 Å². The first-order valence-corrected chi connectivity index (χ1v) is 3.28. The number of rotatable bonds is 1. The van der Waals surface area contributed by atoms with Gasteiger partial charge in [0.2, 0.25) is 0 Å². The van der Waals surface area contributed by atoms with E-state index in [1.165, 1.54) is 11.9 Å². The SMILES string of the molecule is O=CC1(Cl)C=CSN1. The molecule has 1 heterocycles. The molecule has 0 spiro atoms. The van der Waals surface area contributed by atoms with Crippen LogP contribution in [0.15, 0.2) is 11.5 Å². The third kappa shape index (κ3) is 1.05. The quantitative estimate of drug-likeness (QED) is 0.260. The largest absolute Gasteiger partial charge is 0.299 e. The summed E-state index contributed by atoms with van der Waals surface area (Å²) in [5.41, 5.74) is 0. The zero-order chi connectivity index (χ0) is 6.04. The molecular weight excluding hydrogens is 146 g/mol. The highest BCUT2D eigenvalue weighted by Crippen LogP contribution is 2.21. The Morgan fingerprint density at radius 2 is 2.62 bits per heavy atom. The summed E-state index contributed by atoms with van der Waals surface area (Å²) >= 11 is 6.88. The van der Waals surface area contributed by atoms with Gasteiger partial charge in [0.25, 0.3) is 0 Å². The van der Waals surface area contributed by atoms with Crippen molar-refractivity contribution in [1.82, 2.24) is 4.72 Å². The van der Waals surface area contributed by atoms with E-state index in [-0.39, 0.29) is 0 Å². The highest BCUT2D eigenvalue weighted by Gasteiger charge is 2.25. The molecule has 0 saturated carbocycles. The second-order valence-electron chi connectivity index (χ2n) is 1.41. The molecule has 1 aliphatic heterocycles. The fourth-order valence-electron chi connectivity index (χ4n) is 0.355. The van der Waals surface area contributed by atoms with Crippen molar-refractivity contribution in [1.29, 1.82) is 0 Å². The zero-order valence-electron chi connectivity index (χ0n) is 3.93. The Kier molecular flexibility index (Phi) is 1.60. The molecule has 0 aromatic carbocycles. The molecule has 0 amide bonds. The molecule has 1 N–H and O–H groups in total. The average Bonchev–Trinajstić information content (AvgIpc) is 2.17. The summed E-state index contributed by atoms with van der Waals surface area (Å²) in [7, 11) is 0. The number of alkyl halides is 1. The van der Waals surface area contributed by atoms with Crippen LogP contribution in [0.1, 0.15) is 0 Å². The van der Waals surface area contributed by atoms with E-state index in [2.05, 4.69) is 4.72 Å². The van der Waals surface area contributed by atoms with Gasteiger partial charge in [-0.1, -0.05) is 23.5 Å². The molecular formula is C4H4ClNOS. The summed E-state index contributed by atoms with van der Waals surface area (Å²) < 4.78 is 2.69. The highest BCUT2D eigenvalue weighted by atomic mass is 35.5. The minimum absolute atomic E-state index is 0.658. The molecule has 4 heteroatoms. The lowest BCUT2D eigenvalue weighted by Gasteiger charge is -2.07. The van der Waals surface area contributed by atoms with Gasteiger partial charge in [0.1, 0.15) is 0 Å². The minimum atomic E-state index is -0.940. The van der Waals surface area contributed by atoms with Crippen LogP contribution in [0.25, 0.3) is 0 Å². The molecule has 0 aromatic rings. The predicted molar refractivity (Wildman–Crippen MR) is 34.5 cm³/mol. The maximum absolute atomic E-state index is 10.1. The van der Waals surface area contributed by atoms with Crippen molar-refractivity contribution in [3.8, 4) is 0 Å². The molecule has 2 nitrogen and oxygen atoms in total. The topological polar surface area (TPSA) is 29.1 Å². The van der Waals surface area contributed by atoms with Gasteiger partial charge in [-0.25, -0.2) is 4.72 Å². The molecule has 44 valence electrons. The molecule has 0 fully saturated rings. The van der Waals surface area contributed by atoms with Crippen LogP contribution in [0.5, 0.6) is 0 Å². The Hall–Kier alpha value is 0.01000. The summed E-state index contributed by atoms with van der Waals surface area (Å²) in [5.74, 6) is 0. The van der Waals surface area contributed by atoms with Crippen molar-refractivity contribution >= 4 is 29.8 Å². The first-order chi connectivity index (χ1) is 3.77. The number of carbonyl (C=O) groups excluding carboxylic acids is 1. The van der Waals surface area contributed by atoms with Crippen molar-refractivity contribution in [2.24, 2.45) is 0 Å². The van der Waals surface area contributed by atoms with Crippen LogP contribution in [0.2, 0.25) is 0 Å². The summed E-state index contributed by atoms with van der Waals surface area (Å²) in [5, 5.41) is 1.74. The van der Waals surface area contributed by atoms with E-state index in [1.54, 1.807) is 11.5 Å². The summed E-state index contributed by atoms with van der Waals surface area (Å²) in [6, 6.07) is 0. The molecule has 1 rings (SSSR count). The lowest BCUT2D eigenvalue weighted by atomic mass is 10.3. The van der Waals surface area contributed by atoms with Gasteiger partial charge in [0.15, 0.2) is 11.3 Å². The molecule has 1 atom stereocenters. The van der Waals surface area contributed by atoms with Gasteiger partial charge in [-0.3, -0.25) is 4.79 Å². The summed E-state index contributed by atoms with van der Waals surface area (Å²) in [6.45, 7) is 0. The zero-order valence-corrected chi connectivity index (χ0v) is 5.50. The number of hydrogen-bond acceptors (Lipinski definition) is 3. The fraction of sp³-hybridized carbons (Fsp3) is 0.250. The molecule has 0 aromatic heterocycles. The van der Waals surface area contributed by atoms with Crippen molar-refractivity contribution in [3.63, 3.8) is 0 Å². The van der Waals surface area contributed by atoms with E-state index in [1.807, 2.05) is 0 Å². The van der Waals surface area contributed by atoms with Crippen LogP contribution < -0.4 is 4.72 Å². The third-order valence-electron chi connectivity index (χ3n) is 0.765. The van der Waals surface area contributed by atoms with Crippen LogP contribution in [0, 0.1) is 0 Å². The van der Waals surface area contributed by atoms with Crippen LogP contribution in [-0.4, -0.2) is 11.3 Å². The molecule has 0 saturated heterocycles. The van der Waals surface area contributed by atoms with Crippen molar-refractivity contribution < 1.29 is 4.79 Å². The molecule has 0 aliphatic carbocycles. The van der Waals surface area contributed by atoms with Crippen LogP contribution in [0.4, 0.5) is 0 Å². The van der Waals surface area contributed by atoms with E-state index in [9.17, 15) is 4.79 Å². The smallest absolute Gasteiger partial charge is 0.178 e. The first-order valence-electron chi connectivity index (χ1n) is 2.03. The first kappa shape index (κ1) is 6.13. The number of aldehydes is 1. The number of halogens is 1. The van der Waals surface area contributed by atoms with Gasteiger partial charge in [0, 0.05) is 0 Å². The van der Waals surface area contributed by atoms with Gasteiger partial charge in [-0.05, 0) is 11.5 Å². The van der Waals surface area contributed by atoms with Crippen LogP contribution >= 0.6 is 23.5 Å². The number of hydrogen-bond donors (Lipinski definition) is 1. The van der Waals surface area contributed by atoms with E-state index >= 15 is 0 Å². The Balaban J connectivity index is 2.67. The maximum Gasteiger partial charge on any atom is 0.178 e. The highest BCUT2D eigenvalue weighted by molar-refractivity contribution is 8.00. The van der Waals surface area contributed by atoms with Crippen LogP contribution in [-0.2, 0) is 4.79 Å². The normalized spacial score (nSPS) is 35.6. The third-order valence-corrected chi connectivity index (χ3v) is 1.91. The van der Waals surface area contributed by atoms with Gasteiger partial charge < -0.3 is 0 Å². The Morgan fingerprint density at radius 3 is 2.88 bits per heavy atom. The summed E-state index contributed by atoms with van der Waals surface area (Å²) in [6.07, 6.45) is 2.26. The maximum atomic E-state index is 10.1. The Morgan fingerprint density at radius 1 is 1.88 bits per heavy atom. The van der Waals surface area contributed by atoms with Crippen molar-refractivity contribution in [2.75, 3.05) is 0 Å². The average molecular weight is 150 g/mol. The Labute approximate surface area is 56.4 Å². The van der Waals surface area contributed by atoms with E-state index < -0.39 is 5.00 Å². The lowest BCUT2D eigenvalue weighted by molar-refractivity contribution is -0.109. The molecule has 8 heavy (non-hydrogen) atoms. The van der Waals surface area contributed by atoms with E-state index in [4.69, 9.17) is 11.6 Å².